The Balaban J connectivity index is 1.28. The molecule has 0 unspecified atom stereocenters. The number of rotatable bonds is 6. The molecule has 1 saturated heterocycles. The Bertz CT molecular complexity index is 1090. The summed E-state index contributed by atoms with van der Waals surface area (Å²) in [6.45, 7) is 4.36. The minimum Gasteiger partial charge on any atom is -0.338 e. The Hall–Kier alpha value is -3.23. The van der Waals surface area contributed by atoms with E-state index in [-0.39, 0.29) is 22.7 Å². The molecule has 31 heavy (non-hydrogen) atoms. The third kappa shape index (κ3) is 4.45. The van der Waals surface area contributed by atoms with E-state index in [0.717, 1.165) is 49.4 Å². The first-order valence-corrected chi connectivity index (χ1v) is 11.6. The van der Waals surface area contributed by atoms with Crippen molar-refractivity contribution in [2.75, 3.05) is 49.5 Å². The molecule has 1 aromatic carbocycles. The Labute approximate surface area is 181 Å². The molecular formula is C20H23N7O3S. The van der Waals surface area contributed by atoms with Gasteiger partial charge in [0.25, 0.3) is 10.0 Å². The van der Waals surface area contributed by atoms with E-state index in [4.69, 9.17) is 5.26 Å². The van der Waals surface area contributed by atoms with Crippen LogP contribution in [0.1, 0.15) is 18.4 Å². The van der Waals surface area contributed by atoms with E-state index in [9.17, 15) is 13.2 Å². The van der Waals surface area contributed by atoms with Gasteiger partial charge in [0.2, 0.25) is 5.95 Å². The molecule has 0 spiro atoms. The van der Waals surface area contributed by atoms with Crippen molar-refractivity contribution in [1.29, 1.82) is 5.26 Å². The Morgan fingerprint density at radius 2 is 1.77 bits per heavy atom. The summed E-state index contributed by atoms with van der Waals surface area (Å²) in [6.07, 6.45) is 4.80. The number of nitriles is 1. The SMILES string of the molecule is N#Cc1ccc2c(c1)S(=O)(=O)N(CCCCN1CCN(c3ncccn3)CC1)C(=O)N2. The van der Waals surface area contributed by atoms with Gasteiger partial charge in [-0.25, -0.2) is 27.5 Å². The van der Waals surface area contributed by atoms with E-state index in [0.29, 0.717) is 6.42 Å². The molecule has 0 radical (unpaired) electrons. The summed E-state index contributed by atoms with van der Waals surface area (Å²) in [5, 5.41) is 11.6. The summed E-state index contributed by atoms with van der Waals surface area (Å²) < 4.78 is 26.6. The van der Waals surface area contributed by atoms with Crippen LogP contribution in [0.5, 0.6) is 0 Å². The van der Waals surface area contributed by atoms with Gasteiger partial charge in [-0.2, -0.15) is 5.26 Å². The minimum atomic E-state index is -3.97. The lowest BCUT2D eigenvalue weighted by Gasteiger charge is -2.34. The molecule has 0 atom stereocenters. The van der Waals surface area contributed by atoms with Crippen LogP contribution < -0.4 is 10.2 Å². The van der Waals surface area contributed by atoms with Gasteiger partial charge in [0, 0.05) is 45.1 Å². The second kappa shape index (κ2) is 8.87. The number of hydrogen-bond donors (Lipinski definition) is 1. The van der Waals surface area contributed by atoms with E-state index in [1.807, 2.05) is 6.07 Å². The highest BCUT2D eigenvalue weighted by Gasteiger charge is 2.36. The lowest BCUT2D eigenvalue weighted by Crippen LogP contribution is -2.47. The number of piperazine rings is 1. The standard InChI is InChI=1S/C20H23N7O3S/c21-15-16-4-5-17-18(14-16)31(29,30)27(20(28)24-17)9-2-1-8-25-10-12-26(13-11-25)19-22-6-3-7-23-19/h3-7,14H,1-2,8-13H2,(H,24,28). The number of sulfonamides is 1. The van der Waals surface area contributed by atoms with Crippen molar-refractivity contribution in [3.63, 3.8) is 0 Å². The van der Waals surface area contributed by atoms with Gasteiger partial charge in [-0.3, -0.25) is 4.90 Å². The van der Waals surface area contributed by atoms with Gasteiger partial charge in [0.05, 0.1) is 17.3 Å². The van der Waals surface area contributed by atoms with Gasteiger partial charge in [0.15, 0.2) is 0 Å². The molecule has 4 rings (SSSR count). The number of nitrogens with one attached hydrogen (secondary N) is 1. The van der Waals surface area contributed by atoms with Crippen molar-refractivity contribution in [3.8, 4) is 6.07 Å². The van der Waals surface area contributed by atoms with Crippen molar-refractivity contribution in [2.45, 2.75) is 17.7 Å². The van der Waals surface area contributed by atoms with Crippen LogP contribution in [0.2, 0.25) is 0 Å². The van der Waals surface area contributed by atoms with Gasteiger partial charge in [-0.05, 0) is 43.7 Å². The number of urea groups is 1. The molecule has 162 valence electrons. The van der Waals surface area contributed by atoms with Crippen LogP contribution in [0.25, 0.3) is 0 Å². The maximum atomic E-state index is 12.9. The topological polar surface area (TPSA) is 123 Å². The highest BCUT2D eigenvalue weighted by atomic mass is 32.2. The number of fused-ring (bicyclic) bond motifs is 1. The number of amides is 2. The van der Waals surface area contributed by atoms with Crippen molar-refractivity contribution in [1.82, 2.24) is 19.2 Å². The molecule has 2 aromatic rings. The van der Waals surface area contributed by atoms with Crippen LogP contribution in [-0.2, 0) is 10.0 Å². The smallest absolute Gasteiger partial charge is 0.335 e. The van der Waals surface area contributed by atoms with Crippen molar-refractivity contribution in [3.05, 3.63) is 42.2 Å². The summed E-state index contributed by atoms with van der Waals surface area (Å²) in [6, 6.07) is 7.29. The quantitative estimate of drug-likeness (QED) is 0.669. The Morgan fingerprint density at radius 1 is 1.06 bits per heavy atom. The van der Waals surface area contributed by atoms with E-state index >= 15 is 0 Å². The van der Waals surface area contributed by atoms with E-state index in [1.54, 1.807) is 18.5 Å². The normalized spacial score (nSPS) is 18.2. The Morgan fingerprint density at radius 3 is 2.48 bits per heavy atom. The fourth-order valence-corrected chi connectivity index (χ4v) is 5.30. The predicted molar refractivity (Wildman–Crippen MR) is 114 cm³/mol. The van der Waals surface area contributed by atoms with Crippen molar-refractivity contribution < 1.29 is 13.2 Å². The number of carbonyl (C=O) groups is 1. The summed E-state index contributed by atoms with van der Waals surface area (Å²) in [7, 11) is -3.97. The highest BCUT2D eigenvalue weighted by molar-refractivity contribution is 7.90. The number of carbonyl (C=O) groups excluding carboxylic acids is 1. The summed E-state index contributed by atoms with van der Waals surface area (Å²) in [4.78, 5) is 25.3. The fraction of sp³-hybridized carbons (Fsp3) is 0.400. The third-order valence-corrected chi connectivity index (χ3v) is 7.26. The molecule has 2 aliphatic rings. The molecule has 1 aromatic heterocycles. The number of nitrogens with zero attached hydrogens (tertiary/aromatic N) is 6. The molecule has 3 heterocycles. The minimum absolute atomic E-state index is 0.0367. The first-order valence-electron chi connectivity index (χ1n) is 10.1. The monoisotopic (exact) mass is 441 g/mol. The second-order valence-electron chi connectivity index (χ2n) is 7.41. The Kier molecular flexibility index (Phi) is 6.01. The lowest BCUT2D eigenvalue weighted by atomic mass is 10.2. The van der Waals surface area contributed by atoms with Gasteiger partial charge in [0.1, 0.15) is 4.90 Å². The van der Waals surface area contributed by atoms with Crippen LogP contribution in [-0.4, -0.2) is 72.9 Å². The number of aromatic nitrogens is 2. The van der Waals surface area contributed by atoms with E-state index < -0.39 is 16.1 Å². The molecule has 0 aliphatic carbocycles. The average Bonchev–Trinajstić information content (AvgIpc) is 2.79. The zero-order valence-electron chi connectivity index (χ0n) is 16.9. The fourth-order valence-electron chi connectivity index (χ4n) is 3.75. The zero-order valence-corrected chi connectivity index (χ0v) is 17.8. The van der Waals surface area contributed by atoms with E-state index in [1.165, 1.54) is 18.2 Å². The first kappa shape index (κ1) is 21.0. The van der Waals surface area contributed by atoms with Crippen LogP contribution in [0.4, 0.5) is 16.4 Å². The highest BCUT2D eigenvalue weighted by Crippen LogP contribution is 2.31. The van der Waals surface area contributed by atoms with Gasteiger partial charge >= 0.3 is 6.03 Å². The molecule has 1 N–H and O–H groups in total. The molecular weight excluding hydrogens is 418 g/mol. The maximum absolute atomic E-state index is 12.9. The second-order valence-corrected chi connectivity index (χ2v) is 9.25. The molecule has 0 saturated carbocycles. The van der Waals surface area contributed by atoms with Crippen molar-refractivity contribution in [2.24, 2.45) is 0 Å². The number of unbranched alkanes of at least 4 members (excludes halogenated alkanes) is 1. The number of hydrogen-bond acceptors (Lipinski definition) is 8. The first-order chi connectivity index (χ1) is 15.0. The summed E-state index contributed by atoms with van der Waals surface area (Å²) >= 11 is 0. The zero-order chi connectivity index (χ0) is 21.8. The summed E-state index contributed by atoms with van der Waals surface area (Å²) in [5.74, 6) is 0.739. The maximum Gasteiger partial charge on any atom is 0.335 e. The van der Waals surface area contributed by atoms with Crippen LogP contribution >= 0.6 is 0 Å². The summed E-state index contributed by atoms with van der Waals surface area (Å²) in [5.41, 5.74) is 0.444. The van der Waals surface area contributed by atoms with Gasteiger partial charge in [-0.1, -0.05) is 0 Å². The molecule has 2 amide bonds. The molecule has 0 bridgehead atoms. The largest absolute Gasteiger partial charge is 0.338 e. The van der Waals surface area contributed by atoms with E-state index in [2.05, 4.69) is 25.1 Å². The van der Waals surface area contributed by atoms with Gasteiger partial charge in [-0.15, -0.1) is 0 Å². The van der Waals surface area contributed by atoms with Crippen LogP contribution in [0.3, 0.4) is 0 Å². The van der Waals surface area contributed by atoms with Gasteiger partial charge < -0.3 is 10.2 Å². The molecule has 11 heteroatoms. The third-order valence-electron chi connectivity index (χ3n) is 5.44. The number of anilines is 2. The van der Waals surface area contributed by atoms with Crippen LogP contribution in [0, 0.1) is 11.3 Å². The predicted octanol–water partition coefficient (Wildman–Crippen LogP) is 1.49. The molecule has 2 aliphatic heterocycles. The molecule has 1 fully saturated rings. The average molecular weight is 442 g/mol. The lowest BCUT2D eigenvalue weighted by molar-refractivity contribution is 0.230. The molecule has 10 nitrogen and oxygen atoms in total. The van der Waals surface area contributed by atoms with Crippen LogP contribution in [0.15, 0.2) is 41.6 Å². The van der Waals surface area contributed by atoms with Crippen molar-refractivity contribution >= 4 is 27.7 Å². The number of benzene rings is 1.